The summed E-state index contributed by atoms with van der Waals surface area (Å²) in [6.07, 6.45) is 8.05. The third-order valence-electron chi connectivity index (χ3n) is 3.97. The van der Waals surface area contributed by atoms with E-state index < -0.39 is 0 Å². The Morgan fingerprint density at radius 1 is 1.38 bits per heavy atom. The molecule has 0 aliphatic heterocycles. The number of aromatic nitrogens is 1. The molecule has 0 amide bonds. The Morgan fingerprint density at radius 2 is 2.14 bits per heavy atom. The summed E-state index contributed by atoms with van der Waals surface area (Å²) >= 11 is 1.77. The number of hydrogen-bond donors (Lipinski definition) is 2. The summed E-state index contributed by atoms with van der Waals surface area (Å²) in [5.41, 5.74) is 0. The lowest BCUT2D eigenvalue weighted by molar-refractivity contribution is 0.329. The lowest BCUT2D eigenvalue weighted by Crippen LogP contribution is -2.44. The van der Waals surface area contributed by atoms with Crippen molar-refractivity contribution in [1.82, 2.24) is 15.6 Å². The zero-order valence-electron chi connectivity index (χ0n) is 13.5. The van der Waals surface area contributed by atoms with E-state index in [4.69, 9.17) is 4.99 Å². The van der Waals surface area contributed by atoms with Gasteiger partial charge in [0.05, 0.1) is 5.01 Å². The van der Waals surface area contributed by atoms with Crippen LogP contribution in [0.1, 0.15) is 49.4 Å². The van der Waals surface area contributed by atoms with Gasteiger partial charge in [0.1, 0.15) is 0 Å². The lowest BCUT2D eigenvalue weighted by Gasteiger charge is -2.28. The van der Waals surface area contributed by atoms with Crippen LogP contribution in [0.4, 0.5) is 0 Å². The Hall–Kier alpha value is -1.10. The van der Waals surface area contributed by atoms with E-state index in [9.17, 15) is 0 Å². The van der Waals surface area contributed by atoms with E-state index in [1.165, 1.54) is 35.6 Å². The number of rotatable bonds is 5. The van der Waals surface area contributed by atoms with Crippen LogP contribution in [0.25, 0.3) is 0 Å². The highest BCUT2D eigenvalue weighted by Crippen LogP contribution is 2.23. The quantitative estimate of drug-likeness (QED) is 0.649. The number of aryl methyl sites for hydroxylation is 1. The average molecular weight is 308 g/mol. The number of nitrogens with one attached hydrogen (secondary N) is 2. The minimum Gasteiger partial charge on any atom is -0.357 e. The predicted octanol–water partition coefficient (Wildman–Crippen LogP) is 3.13. The zero-order valence-corrected chi connectivity index (χ0v) is 14.3. The molecular formula is C16H28N4S. The van der Waals surface area contributed by atoms with E-state index in [-0.39, 0.29) is 0 Å². The molecular weight excluding hydrogens is 280 g/mol. The smallest absolute Gasteiger partial charge is 0.191 e. The van der Waals surface area contributed by atoms with Gasteiger partial charge in [-0.2, -0.15) is 0 Å². The fraction of sp³-hybridized carbons (Fsp3) is 0.750. The molecule has 1 aromatic heterocycles. The van der Waals surface area contributed by atoms with E-state index in [0.29, 0.717) is 6.04 Å². The molecule has 2 rings (SSSR count). The van der Waals surface area contributed by atoms with Crippen LogP contribution in [0.2, 0.25) is 0 Å². The minimum absolute atomic E-state index is 0.584. The number of nitrogens with zero attached hydrogens (tertiary/aromatic N) is 2. The highest BCUT2D eigenvalue weighted by atomic mass is 32.1. The molecule has 0 spiro atoms. The maximum absolute atomic E-state index is 4.69. The summed E-state index contributed by atoms with van der Waals surface area (Å²) in [5, 5.41) is 8.12. The van der Waals surface area contributed by atoms with Gasteiger partial charge < -0.3 is 10.6 Å². The first-order chi connectivity index (χ1) is 10.2. The van der Waals surface area contributed by atoms with E-state index >= 15 is 0 Å². The van der Waals surface area contributed by atoms with Crippen molar-refractivity contribution >= 4 is 17.3 Å². The minimum atomic E-state index is 0.584. The van der Waals surface area contributed by atoms with Crippen molar-refractivity contribution in [2.24, 2.45) is 10.9 Å². The molecule has 0 unspecified atom stereocenters. The first-order valence-corrected chi connectivity index (χ1v) is 8.95. The van der Waals surface area contributed by atoms with Crippen molar-refractivity contribution in [1.29, 1.82) is 0 Å². The van der Waals surface area contributed by atoms with E-state index in [1.807, 2.05) is 6.20 Å². The van der Waals surface area contributed by atoms with Crippen molar-refractivity contribution < 1.29 is 0 Å². The number of aliphatic imine (C=N–C) groups is 1. The molecule has 2 N–H and O–H groups in total. The largest absolute Gasteiger partial charge is 0.357 e. The monoisotopic (exact) mass is 308 g/mol. The van der Waals surface area contributed by atoms with Crippen LogP contribution in [-0.2, 0) is 6.42 Å². The number of hydrogen-bond acceptors (Lipinski definition) is 3. The molecule has 4 nitrogen and oxygen atoms in total. The topological polar surface area (TPSA) is 49.3 Å². The normalized spacial score (nSPS) is 23.1. The van der Waals surface area contributed by atoms with E-state index in [0.717, 1.165) is 31.4 Å². The SMILES string of the molecule is CCNC(=NCCc1ncc(C)s1)NC1CCC(C)CC1. The van der Waals surface area contributed by atoms with Gasteiger partial charge in [-0.25, -0.2) is 4.98 Å². The van der Waals surface area contributed by atoms with Gasteiger partial charge in [-0.05, 0) is 45.4 Å². The van der Waals surface area contributed by atoms with Crippen LogP contribution in [0.15, 0.2) is 11.2 Å². The molecule has 1 aliphatic carbocycles. The molecule has 1 fully saturated rings. The summed E-state index contributed by atoms with van der Waals surface area (Å²) in [6.45, 7) is 8.27. The molecule has 0 atom stereocenters. The second-order valence-corrected chi connectivity index (χ2v) is 7.30. The first kappa shape index (κ1) is 16.3. The molecule has 1 aliphatic rings. The highest BCUT2D eigenvalue weighted by Gasteiger charge is 2.18. The summed E-state index contributed by atoms with van der Waals surface area (Å²) in [5.74, 6) is 1.85. The highest BCUT2D eigenvalue weighted by molar-refractivity contribution is 7.11. The molecule has 21 heavy (non-hydrogen) atoms. The Morgan fingerprint density at radius 3 is 2.76 bits per heavy atom. The van der Waals surface area contributed by atoms with Crippen molar-refractivity contribution in [3.8, 4) is 0 Å². The molecule has 118 valence electrons. The fourth-order valence-electron chi connectivity index (χ4n) is 2.70. The van der Waals surface area contributed by atoms with Crippen LogP contribution in [0.3, 0.4) is 0 Å². The van der Waals surface area contributed by atoms with Gasteiger partial charge in [-0.1, -0.05) is 6.92 Å². The fourth-order valence-corrected chi connectivity index (χ4v) is 3.47. The third kappa shape index (κ3) is 5.65. The molecule has 1 saturated carbocycles. The van der Waals surface area contributed by atoms with Crippen molar-refractivity contribution in [3.05, 3.63) is 16.1 Å². The molecule has 0 bridgehead atoms. The summed E-state index contributed by atoms with van der Waals surface area (Å²) in [7, 11) is 0. The van der Waals surface area contributed by atoms with Crippen LogP contribution in [0.5, 0.6) is 0 Å². The van der Waals surface area contributed by atoms with Gasteiger partial charge in [0, 0.05) is 36.6 Å². The van der Waals surface area contributed by atoms with Gasteiger partial charge in [-0.15, -0.1) is 11.3 Å². The van der Waals surface area contributed by atoms with Crippen LogP contribution in [-0.4, -0.2) is 30.1 Å². The number of guanidine groups is 1. The Balaban J connectivity index is 1.81. The zero-order chi connectivity index (χ0) is 15.1. The van der Waals surface area contributed by atoms with Gasteiger partial charge >= 0.3 is 0 Å². The van der Waals surface area contributed by atoms with Crippen LogP contribution in [0, 0.1) is 12.8 Å². The Kier molecular flexibility index (Phi) is 6.49. The molecule has 1 aromatic rings. The van der Waals surface area contributed by atoms with Gasteiger partial charge in [0.25, 0.3) is 0 Å². The standard InChI is InChI=1S/C16H28N4S/c1-4-17-16(20-14-7-5-12(2)6-8-14)18-10-9-15-19-11-13(3)21-15/h11-12,14H,4-10H2,1-3H3,(H2,17,18,20). The predicted molar refractivity (Wildman–Crippen MR) is 91.1 cm³/mol. The Labute approximate surface area is 132 Å². The Bertz CT molecular complexity index is 447. The first-order valence-electron chi connectivity index (χ1n) is 8.13. The van der Waals surface area contributed by atoms with Crippen molar-refractivity contribution in [3.63, 3.8) is 0 Å². The average Bonchev–Trinajstić information content (AvgIpc) is 2.87. The summed E-state index contributed by atoms with van der Waals surface area (Å²) < 4.78 is 0. The van der Waals surface area contributed by atoms with Gasteiger partial charge in [0.15, 0.2) is 5.96 Å². The van der Waals surface area contributed by atoms with Gasteiger partial charge in [0.2, 0.25) is 0 Å². The lowest BCUT2D eigenvalue weighted by atomic mass is 9.87. The molecule has 0 saturated heterocycles. The van der Waals surface area contributed by atoms with Crippen molar-refractivity contribution in [2.45, 2.75) is 58.9 Å². The van der Waals surface area contributed by atoms with Crippen molar-refractivity contribution in [2.75, 3.05) is 13.1 Å². The van der Waals surface area contributed by atoms with Crippen LogP contribution < -0.4 is 10.6 Å². The second kappa shape index (κ2) is 8.37. The molecule has 0 radical (unpaired) electrons. The summed E-state index contributed by atoms with van der Waals surface area (Å²) in [6, 6.07) is 0.584. The summed E-state index contributed by atoms with van der Waals surface area (Å²) in [4.78, 5) is 10.4. The maximum Gasteiger partial charge on any atom is 0.191 e. The van der Waals surface area contributed by atoms with Gasteiger partial charge in [-0.3, -0.25) is 4.99 Å². The molecule has 1 heterocycles. The van der Waals surface area contributed by atoms with E-state index in [1.54, 1.807) is 11.3 Å². The second-order valence-electron chi connectivity index (χ2n) is 5.98. The third-order valence-corrected chi connectivity index (χ3v) is 4.94. The van der Waals surface area contributed by atoms with Crippen LogP contribution >= 0.6 is 11.3 Å². The molecule has 5 heteroatoms. The molecule has 0 aromatic carbocycles. The number of thiazole rings is 1. The van der Waals surface area contributed by atoms with E-state index in [2.05, 4.69) is 36.4 Å². The maximum atomic E-state index is 4.69.